The van der Waals surface area contributed by atoms with Crippen LogP contribution in [0.25, 0.3) is 0 Å². The van der Waals surface area contributed by atoms with E-state index in [1.807, 2.05) is 0 Å². The van der Waals surface area contributed by atoms with Gasteiger partial charge in [-0.2, -0.15) is 0 Å². The van der Waals surface area contributed by atoms with E-state index in [0.717, 1.165) is 64.2 Å². The molecule has 4 heteroatoms. The van der Waals surface area contributed by atoms with E-state index in [4.69, 9.17) is 4.74 Å². The van der Waals surface area contributed by atoms with Gasteiger partial charge in [0.15, 0.2) is 0 Å². The van der Waals surface area contributed by atoms with E-state index in [2.05, 4.69) is 78.2 Å². The molecule has 184 valence electrons. The summed E-state index contributed by atoms with van der Waals surface area (Å²) in [5.74, 6) is 2.59. The van der Waals surface area contributed by atoms with Crippen molar-refractivity contribution in [1.82, 2.24) is 9.80 Å². The lowest BCUT2D eigenvalue weighted by molar-refractivity contribution is -0.137. The van der Waals surface area contributed by atoms with Crippen molar-refractivity contribution >= 4 is 5.91 Å². The number of benzene rings is 2. The molecule has 0 radical (unpaired) electrons. The number of ether oxygens (including phenoxy) is 1. The number of nitrogens with zero attached hydrogens (tertiary/aromatic N) is 2. The predicted molar refractivity (Wildman–Crippen MR) is 139 cm³/mol. The zero-order chi connectivity index (χ0) is 23.8. The van der Waals surface area contributed by atoms with E-state index in [9.17, 15) is 4.79 Å². The van der Waals surface area contributed by atoms with E-state index >= 15 is 0 Å². The van der Waals surface area contributed by atoms with Gasteiger partial charge in [0.1, 0.15) is 5.75 Å². The molecule has 2 aliphatic rings. The van der Waals surface area contributed by atoms with Crippen LogP contribution >= 0.6 is 0 Å². The van der Waals surface area contributed by atoms with Crippen LogP contribution in [-0.4, -0.2) is 48.5 Å². The predicted octanol–water partition coefficient (Wildman–Crippen LogP) is 6.12. The van der Waals surface area contributed by atoms with Gasteiger partial charge >= 0.3 is 0 Å². The van der Waals surface area contributed by atoms with Gasteiger partial charge in [0, 0.05) is 31.5 Å². The Labute approximate surface area is 206 Å². The average Bonchev–Trinajstić information content (AvgIpc) is 2.90. The minimum Gasteiger partial charge on any atom is -0.493 e. The van der Waals surface area contributed by atoms with Crippen LogP contribution in [0.1, 0.15) is 69.4 Å². The summed E-state index contributed by atoms with van der Waals surface area (Å²) >= 11 is 0. The Hall–Kier alpha value is -2.33. The van der Waals surface area contributed by atoms with Crippen molar-refractivity contribution in [3.05, 3.63) is 65.7 Å². The third-order valence-corrected chi connectivity index (χ3v) is 7.84. The smallest absolute Gasteiger partial charge is 0.225 e. The van der Waals surface area contributed by atoms with E-state index in [1.54, 1.807) is 0 Å². The fourth-order valence-corrected chi connectivity index (χ4v) is 5.61. The molecule has 0 aliphatic carbocycles. The molecule has 2 heterocycles. The fourth-order valence-electron chi connectivity index (χ4n) is 5.61. The summed E-state index contributed by atoms with van der Waals surface area (Å²) in [6.45, 7) is 10.0. The monoisotopic (exact) mass is 462 g/mol. The molecule has 4 nitrogen and oxygen atoms in total. The number of likely N-dealkylation sites (tertiary alicyclic amines) is 2. The number of hydrogen-bond donors (Lipinski definition) is 0. The van der Waals surface area contributed by atoms with Gasteiger partial charge in [-0.1, -0.05) is 56.3 Å². The molecule has 2 aliphatic heterocycles. The van der Waals surface area contributed by atoms with Gasteiger partial charge < -0.3 is 9.64 Å². The maximum atomic E-state index is 12.8. The molecular formula is C30H42N2O2. The lowest BCUT2D eigenvalue weighted by atomic mass is 9.89. The van der Waals surface area contributed by atoms with Crippen LogP contribution in [-0.2, 0) is 11.3 Å². The summed E-state index contributed by atoms with van der Waals surface area (Å²) < 4.78 is 6.14. The molecule has 1 unspecified atom stereocenters. The Morgan fingerprint density at radius 2 is 1.65 bits per heavy atom. The van der Waals surface area contributed by atoms with Crippen LogP contribution in [0.15, 0.2) is 54.6 Å². The molecule has 1 atom stereocenters. The van der Waals surface area contributed by atoms with Gasteiger partial charge in [-0.3, -0.25) is 9.69 Å². The van der Waals surface area contributed by atoms with Crippen molar-refractivity contribution in [3.8, 4) is 5.75 Å². The molecule has 34 heavy (non-hydrogen) atoms. The topological polar surface area (TPSA) is 32.8 Å². The van der Waals surface area contributed by atoms with Gasteiger partial charge in [0.05, 0.1) is 6.61 Å². The SMILES string of the molecule is CCC(CC)C(=O)N1CCCC(COc2ccc(CN3CCC(c4ccccc4)CC3)cc2)C1. The minimum atomic E-state index is 0.177. The van der Waals surface area contributed by atoms with Crippen LogP contribution in [0, 0.1) is 11.8 Å². The number of hydrogen-bond acceptors (Lipinski definition) is 3. The Bertz CT molecular complexity index is 870. The first-order chi connectivity index (χ1) is 16.7. The quantitative estimate of drug-likeness (QED) is 0.450. The molecule has 0 aromatic heterocycles. The van der Waals surface area contributed by atoms with Crippen LogP contribution in [0.5, 0.6) is 5.75 Å². The van der Waals surface area contributed by atoms with Crippen molar-refractivity contribution in [1.29, 1.82) is 0 Å². The van der Waals surface area contributed by atoms with Crippen LogP contribution in [0.3, 0.4) is 0 Å². The minimum absolute atomic E-state index is 0.177. The Morgan fingerprint density at radius 3 is 2.32 bits per heavy atom. The lowest BCUT2D eigenvalue weighted by Crippen LogP contribution is -2.44. The number of rotatable bonds is 9. The molecule has 2 aromatic rings. The van der Waals surface area contributed by atoms with Gasteiger partial charge in [-0.05, 0) is 80.8 Å². The summed E-state index contributed by atoms with van der Waals surface area (Å²) in [7, 11) is 0. The molecule has 0 saturated carbocycles. The molecule has 1 amide bonds. The summed E-state index contributed by atoms with van der Waals surface area (Å²) in [4.78, 5) is 17.4. The van der Waals surface area contributed by atoms with Crippen molar-refractivity contribution in [2.75, 3.05) is 32.8 Å². The zero-order valence-electron chi connectivity index (χ0n) is 21.1. The van der Waals surface area contributed by atoms with Gasteiger partial charge in [-0.15, -0.1) is 0 Å². The van der Waals surface area contributed by atoms with E-state index in [0.29, 0.717) is 24.3 Å². The van der Waals surface area contributed by atoms with Crippen LogP contribution < -0.4 is 4.74 Å². The highest BCUT2D eigenvalue weighted by atomic mass is 16.5. The second kappa shape index (κ2) is 12.4. The second-order valence-corrected chi connectivity index (χ2v) is 10.2. The Balaban J connectivity index is 1.20. The highest BCUT2D eigenvalue weighted by molar-refractivity contribution is 5.78. The normalized spacial score (nSPS) is 20.0. The Morgan fingerprint density at radius 1 is 0.941 bits per heavy atom. The van der Waals surface area contributed by atoms with E-state index in [1.165, 1.54) is 24.0 Å². The van der Waals surface area contributed by atoms with Gasteiger partial charge in [0.25, 0.3) is 0 Å². The third-order valence-electron chi connectivity index (χ3n) is 7.84. The van der Waals surface area contributed by atoms with Crippen molar-refractivity contribution in [2.24, 2.45) is 11.8 Å². The number of amides is 1. The highest BCUT2D eigenvalue weighted by Crippen LogP contribution is 2.29. The average molecular weight is 463 g/mol. The van der Waals surface area contributed by atoms with Gasteiger partial charge in [-0.25, -0.2) is 0 Å². The zero-order valence-corrected chi connectivity index (χ0v) is 21.1. The number of carbonyl (C=O) groups excluding carboxylic acids is 1. The molecule has 2 aromatic carbocycles. The first-order valence-corrected chi connectivity index (χ1v) is 13.4. The molecule has 0 bridgehead atoms. The van der Waals surface area contributed by atoms with Crippen molar-refractivity contribution in [3.63, 3.8) is 0 Å². The van der Waals surface area contributed by atoms with Crippen LogP contribution in [0.4, 0.5) is 0 Å². The molecule has 2 saturated heterocycles. The van der Waals surface area contributed by atoms with Crippen molar-refractivity contribution < 1.29 is 9.53 Å². The highest BCUT2D eigenvalue weighted by Gasteiger charge is 2.27. The molecule has 4 rings (SSSR count). The largest absolute Gasteiger partial charge is 0.493 e. The maximum Gasteiger partial charge on any atom is 0.225 e. The summed E-state index contributed by atoms with van der Waals surface area (Å²) in [5, 5.41) is 0. The first kappa shape index (κ1) is 24.8. The lowest BCUT2D eigenvalue weighted by Gasteiger charge is -2.34. The Kier molecular flexibility index (Phi) is 9.04. The molecule has 0 N–H and O–H groups in total. The molecule has 2 fully saturated rings. The van der Waals surface area contributed by atoms with Gasteiger partial charge in [0.2, 0.25) is 5.91 Å². The summed E-state index contributed by atoms with van der Waals surface area (Å²) in [6.07, 6.45) is 6.57. The first-order valence-electron chi connectivity index (χ1n) is 13.4. The number of carbonyl (C=O) groups is 1. The molecule has 0 spiro atoms. The second-order valence-electron chi connectivity index (χ2n) is 10.2. The summed E-state index contributed by atoms with van der Waals surface area (Å²) in [5.41, 5.74) is 2.84. The van der Waals surface area contributed by atoms with E-state index < -0.39 is 0 Å². The molecular weight excluding hydrogens is 420 g/mol. The summed E-state index contributed by atoms with van der Waals surface area (Å²) in [6, 6.07) is 19.6. The fraction of sp³-hybridized carbons (Fsp3) is 0.567. The third kappa shape index (κ3) is 6.63. The van der Waals surface area contributed by atoms with Crippen LogP contribution in [0.2, 0.25) is 0 Å². The van der Waals surface area contributed by atoms with E-state index in [-0.39, 0.29) is 5.92 Å². The standard InChI is InChI=1S/C30H42N2O2/c1-3-26(4-2)30(33)32-18-8-9-25(22-32)23-34-29-14-12-24(13-15-29)21-31-19-16-28(17-20-31)27-10-6-5-7-11-27/h5-7,10-15,25-26,28H,3-4,8-9,16-23H2,1-2H3. The maximum absolute atomic E-state index is 12.8. The number of piperidine rings is 2. The van der Waals surface area contributed by atoms with Crippen molar-refractivity contribution in [2.45, 2.75) is 64.8 Å².